The average Bonchev–Trinajstić information content (AvgIpc) is 2.53. The van der Waals surface area contributed by atoms with Gasteiger partial charge in [0.1, 0.15) is 5.78 Å². The van der Waals surface area contributed by atoms with E-state index in [0.717, 1.165) is 6.42 Å². The van der Waals surface area contributed by atoms with Gasteiger partial charge in [-0.05, 0) is 41.2 Å². The van der Waals surface area contributed by atoms with Crippen LogP contribution in [-0.2, 0) is 11.2 Å². The highest BCUT2D eigenvalue weighted by Gasteiger charge is 2.12. The van der Waals surface area contributed by atoms with Gasteiger partial charge in [0.25, 0.3) is 0 Å². The molecule has 0 atom stereocenters. The van der Waals surface area contributed by atoms with E-state index in [-0.39, 0.29) is 5.78 Å². The average molecular weight is 274 g/mol. The fourth-order valence-corrected chi connectivity index (χ4v) is 2.80. The molecule has 0 N–H and O–H groups in total. The highest BCUT2D eigenvalue weighted by Crippen LogP contribution is 2.32. The van der Waals surface area contributed by atoms with Crippen molar-refractivity contribution in [1.29, 1.82) is 0 Å². The first-order valence-electron chi connectivity index (χ1n) is 7.31. The Morgan fingerprint density at radius 1 is 0.857 bits per heavy atom. The predicted molar refractivity (Wildman–Crippen MR) is 88.9 cm³/mol. The van der Waals surface area contributed by atoms with Crippen molar-refractivity contribution in [2.45, 2.75) is 19.8 Å². The van der Waals surface area contributed by atoms with Crippen molar-refractivity contribution in [2.24, 2.45) is 0 Å². The van der Waals surface area contributed by atoms with Gasteiger partial charge in [0, 0.05) is 6.42 Å². The second kappa shape index (κ2) is 5.92. The number of allylic oxidation sites excluding steroid dienone is 2. The van der Waals surface area contributed by atoms with Crippen LogP contribution >= 0.6 is 0 Å². The quantitative estimate of drug-likeness (QED) is 0.776. The molecule has 1 aliphatic rings. The molecule has 2 bridgehead atoms. The fourth-order valence-electron chi connectivity index (χ4n) is 2.80. The minimum absolute atomic E-state index is 0.237. The topological polar surface area (TPSA) is 17.1 Å². The highest BCUT2D eigenvalue weighted by molar-refractivity contribution is 5.82. The van der Waals surface area contributed by atoms with Crippen LogP contribution in [0.4, 0.5) is 0 Å². The number of Topliss-reactive ketones (excluding diaryl/α,β-unsaturated/α-hetero) is 1. The molecule has 3 rings (SSSR count). The standard InChI is InChI=1S/C20H18O/c1-15(21)13-14-19-17-8-3-2-7-16-9-4-5-11-18(16)20(19)12-6-10-17/h2-12H,13-14H2,1H3/b7-2-,8-3-. The minimum atomic E-state index is 0.237. The molecule has 0 radical (unpaired) electrons. The van der Waals surface area contributed by atoms with Gasteiger partial charge in [-0.3, -0.25) is 0 Å². The Bertz CT molecular complexity index is 735. The van der Waals surface area contributed by atoms with Gasteiger partial charge in [-0.25, -0.2) is 0 Å². The number of hydrogen-bond acceptors (Lipinski definition) is 1. The van der Waals surface area contributed by atoms with Gasteiger partial charge in [-0.15, -0.1) is 0 Å². The van der Waals surface area contributed by atoms with Gasteiger partial charge < -0.3 is 4.79 Å². The molecule has 0 heterocycles. The Morgan fingerprint density at radius 3 is 2.33 bits per heavy atom. The SMILES string of the molecule is CC(=O)CCc1c2cccc1-c1ccccc1/C=C\C=C/2. The van der Waals surface area contributed by atoms with Crippen LogP contribution in [0.2, 0.25) is 0 Å². The van der Waals surface area contributed by atoms with E-state index in [1.807, 2.05) is 0 Å². The second-order valence-electron chi connectivity index (χ2n) is 5.38. The van der Waals surface area contributed by atoms with Gasteiger partial charge in [-0.1, -0.05) is 66.8 Å². The number of fused-ring (bicyclic) bond motifs is 4. The molecule has 0 saturated heterocycles. The summed E-state index contributed by atoms with van der Waals surface area (Å²) in [6, 6.07) is 14.8. The zero-order valence-electron chi connectivity index (χ0n) is 12.2. The summed E-state index contributed by atoms with van der Waals surface area (Å²) in [6.07, 6.45) is 9.78. The summed E-state index contributed by atoms with van der Waals surface area (Å²) >= 11 is 0. The predicted octanol–water partition coefficient (Wildman–Crippen LogP) is 4.92. The van der Waals surface area contributed by atoms with Crippen molar-refractivity contribution in [1.82, 2.24) is 0 Å². The molecule has 0 aromatic heterocycles. The number of ketones is 1. The van der Waals surface area contributed by atoms with Crippen molar-refractivity contribution < 1.29 is 4.79 Å². The Labute approximate surface area is 125 Å². The molecule has 0 saturated carbocycles. The van der Waals surface area contributed by atoms with Gasteiger partial charge in [0.15, 0.2) is 0 Å². The maximum atomic E-state index is 11.4. The zero-order valence-corrected chi connectivity index (χ0v) is 12.2. The monoisotopic (exact) mass is 274 g/mol. The number of carbonyl (C=O) groups is 1. The number of hydrogen-bond donors (Lipinski definition) is 0. The molecule has 1 nitrogen and oxygen atoms in total. The first kappa shape index (κ1) is 13.6. The summed E-state index contributed by atoms with van der Waals surface area (Å²) in [5.41, 5.74) is 6.15. The van der Waals surface area contributed by atoms with E-state index in [2.05, 4.69) is 66.8 Å². The Morgan fingerprint density at radius 2 is 1.52 bits per heavy atom. The lowest BCUT2D eigenvalue weighted by Gasteiger charge is -2.14. The molecular weight excluding hydrogens is 256 g/mol. The van der Waals surface area contributed by atoms with E-state index in [0.29, 0.717) is 6.42 Å². The van der Waals surface area contributed by atoms with E-state index >= 15 is 0 Å². The maximum absolute atomic E-state index is 11.4. The second-order valence-corrected chi connectivity index (χ2v) is 5.38. The van der Waals surface area contributed by atoms with E-state index in [4.69, 9.17) is 0 Å². The molecule has 1 heteroatoms. The summed E-state index contributed by atoms with van der Waals surface area (Å²) in [7, 11) is 0. The van der Waals surface area contributed by atoms with Gasteiger partial charge in [0.2, 0.25) is 0 Å². The smallest absolute Gasteiger partial charge is 0.130 e. The Hall–Kier alpha value is -2.41. The number of carbonyl (C=O) groups excluding carboxylic acids is 1. The Kier molecular flexibility index (Phi) is 3.83. The number of rotatable bonds is 3. The van der Waals surface area contributed by atoms with E-state index in [1.54, 1.807) is 6.92 Å². The summed E-state index contributed by atoms with van der Waals surface area (Å²) < 4.78 is 0. The van der Waals surface area contributed by atoms with Gasteiger partial charge in [0.05, 0.1) is 0 Å². The number of benzene rings is 2. The maximum Gasteiger partial charge on any atom is 0.130 e. The van der Waals surface area contributed by atoms with E-state index < -0.39 is 0 Å². The van der Waals surface area contributed by atoms with Crippen LogP contribution in [0.5, 0.6) is 0 Å². The molecular formula is C20H18O. The van der Waals surface area contributed by atoms with Crippen LogP contribution in [0, 0.1) is 0 Å². The molecule has 1 aliphatic carbocycles. The van der Waals surface area contributed by atoms with Gasteiger partial charge >= 0.3 is 0 Å². The van der Waals surface area contributed by atoms with Crippen molar-refractivity contribution in [3.63, 3.8) is 0 Å². The normalized spacial score (nSPS) is 15.3. The molecule has 0 fully saturated rings. The van der Waals surface area contributed by atoms with Crippen molar-refractivity contribution in [3.05, 3.63) is 71.3 Å². The molecule has 104 valence electrons. The van der Waals surface area contributed by atoms with Crippen LogP contribution in [-0.4, -0.2) is 5.78 Å². The molecule has 21 heavy (non-hydrogen) atoms. The Balaban J connectivity index is 2.20. The fraction of sp³-hybridized carbons (Fsp3) is 0.150. The van der Waals surface area contributed by atoms with Crippen LogP contribution in [0.3, 0.4) is 0 Å². The summed E-state index contributed by atoms with van der Waals surface area (Å²) in [4.78, 5) is 11.4. The summed E-state index contributed by atoms with van der Waals surface area (Å²) in [5, 5.41) is 0. The summed E-state index contributed by atoms with van der Waals surface area (Å²) in [6.45, 7) is 1.66. The minimum Gasteiger partial charge on any atom is -0.300 e. The molecule has 2 aromatic rings. The van der Waals surface area contributed by atoms with Crippen molar-refractivity contribution in [3.8, 4) is 11.1 Å². The third-order valence-electron chi connectivity index (χ3n) is 3.85. The lowest BCUT2D eigenvalue weighted by atomic mass is 9.90. The summed E-state index contributed by atoms with van der Waals surface area (Å²) in [5.74, 6) is 0.237. The first-order valence-corrected chi connectivity index (χ1v) is 7.31. The first-order chi connectivity index (χ1) is 10.3. The van der Waals surface area contributed by atoms with Crippen LogP contribution in [0.1, 0.15) is 30.0 Å². The lowest BCUT2D eigenvalue weighted by molar-refractivity contribution is -0.116. The van der Waals surface area contributed by atoms with E-state index in [1.165, 1.54) is 27.8 Å². The van der Waals surface area contributed by atoms with Gasteiger partial charge in [-0.2, -0.15) is 0 Å². The van der Waals surface area contributed by atoms with Crippen molar-refractivity contribution >= 4 is 17.9 Å². The molecule has 0 unspecified atom stereocenters. The largest absolute Gasteiger partial charge is 0.300 e. The molecule has 0 amide bonds. The van der Waals surface area contributed by atoms with E-state index in [9.17, 15) is 4.79 Å². The molecule has 2 aromatic carbocycles. The lowest BCUT2D eigenvalue weighted by Crippen LogP contribution is -1.99. The third-order valence-corrected chi connectivity index (χ3v) is 3.85. The third kappa shape index (κ3) is 2.87. The molecule has 0 aliphatic heterocycles. The van der Waals surface area contributed by atoms with Crippen LogP contribution in [0.25, 0.3) is 23.3 Å². The molecule has 0 spiro atoms. The van der Waals surface area contributed by atoms with Crippen molar-refractivity contribution in [2.75, 3.05) is 0 Å². The zero-order chi connectivity index (χ0) is 14.7. The highest BCUT2D eigenvalue weighted by atomic mass is 16.1. The van der Waals surface area contributed by atoms with Crippen LogP contribution in [0.15, 0.2) is 54.6 Å². The van der Waals surface area contributed by atoms with Crippen LogP contribution < -0.4 is 0 Å².